The summed E-state index contributed by atoms with van der Waals surface area (Å²) in [5.74, 6) is 0.196. The van der Waals surface area contributed by atoms with Gasteiger partial charge in [0.1, 0.15) is 5.75 Å². The van der Waals surface area contributed by atoms with E-state index in [1.807, 2.05) is 0 Å². The first-order valence-electron chi connectivity index (χ1n) is 8.49. The van der Waals surface area contributed by atoms with Crippen LogP contribution in [0.2, 0.25) is 5.15 Å². The molecule has 1 atom stereocenters. The zero-order valence-electron chi connectivity index (χ0n) is 16.4. The van der Waals surface area contributed by atoms with Gasteiger partial charge in [0.25, 0.3) is 5.91 Å². The standard InChI is InChI=1S/C20H21ClN2O6/c1-12(20(25)23-14-6-5-9-22-19(14)21)29-18(24)8-7-13-10-16(27-3)17(28-4)11-15(13)26-2/h5-12H,1-4H3,(H,23,25)/b8-7+. The van der Waals surface area contributed by atoms with E-state index in [0.29, 0.717) is 28.5 Å². The molecule has 2 rings (SSSR count). The van der Waals surface area contributed by atoms with Crippen LogP contribution < -0.4 is 19.5 Å². The Bertz CT molecular complexity index is 916. The van der Waals surface area contributed by atoms with Crippen molar-refractivity contribution in [2.45, 2.75) is 13.0 Å². The van der Waals surface area contributed by atoms with E-state index in [2.05, 4.69) is 10.3 Å². The molecule has 29 heavy (non-hydrogen) atoms. The predicted octanol–water partition coefficient (Wildman–Crippen LogP) is 3.34. The Hall–Kier alpha value is -3.26. The van der Waals surface area contributed by atoms with Crippen LogP contribution in [0.1, 0.15) is 12.5 Å². The lowest BCUT2D eigenvalue weighted by atomic mass is 10.1. The van der Waals surface area contributed by atoms with E-state index in [-0.39, 0.29) is 5.15 Å². The van der Waals surface area contributed by atoms with Gasteiger partial charge in [0.2, 0.25) is 0 Å². The maximum atomic E-state index is 12.2. The Kier molecular flexibility index (Phi) is 7.85. The van der Waals surface area contributed by atoms with Crippen molar-refractivity contribution in [1.29, 1.82) is 0 Å². The maximum absolute atomic E-state index is 12.2. The molecule has 1 aromatic heterocycles. The molecule has 8 nitrogen and oxygen atoms in total. The van der Waals surface area contributed by atoms with Gasteiger partial charge in [-0.15, -0.1) is 0 Å². The lowest BCUT2D eigenvalue weighted by Crippen LogP contribution is -2.29. The second-order valence-electron chi connectivity index (χ2n) is 5.69. The number of carbonyl (C=O) groups excluding carboxylic acids is 2. The number of carbonyl (C=O) groups is 2. The normalized spacial score (nSPS) is 11.6. The zero-order valence-corrected chi connectivity index (χ0v) is 17.1. The van der Waals surface area contributed by atoms with Crippen molar-refractivity contribution in [1.82, 2.24) is 4.98 Å². The Morgan fingerprint density at radius 3 is 2.38 bits per heavy atom. The Labute approximate surface area is 173 Å². The van der Waals surface area contributed by atoms with Crippen LogP contribution in [0, 0.1) is 0 Å². The molecule has 0 saturated heterocycles. The van der Waals surface area contributed by atoms with Gasteiger partial charge in [-0.05, 0) is 31.2 Å². The monoisotopic (exact) mass is 420 g/mol. The van der Waals surface area contributed by atoms with Crippen LogP contribution in [0.3, 0.4) is 0 Å². The highest BCUT2D eigenvalue weighted by Gasteiger charge is 2.18. The number of hydrogen-bond acceptors (Lipinski definition) is 7. The molecule has 0 radical (unpaired) electrons. The first kappa shape index (κ1) is 22.0. The fourth-order valence-electron chi connectivity index (χ4n) is 2.32. The SMILES string of the molecule is COc1cc(OC)c(OC)cc1/C=C/C(=O)OC(C)C(=O)Nc1cccnc1Cl. The third kappa shape index (κ3) is 5.86. The van der Waals surface area contributed by atoms with Crippen LogP contribution in [0.5, 0.6) is 17.2 Å². The topological polar surface area (TPSA) is 96.0 Å². The Balaban J connectivity index is 2.05. The van der Waals surface area contributed by atoms with E-state index in [4.69, 9.17) is 30.5 Å². The summed E-state index contributed by atoms with van der Waals surface area (Å²) in [6, 6.07) is 6.50. The molecule has 1 unspecified atom stereocenters. The fraction of sp³-hybridized carbons (Fsp3) is 0.250. The minimum absolute atomic E-state index is 0.139. The predicted molar refractivity (Wildman–Crippen MR) is 109 cm³/mol. The Morgan fingerprint density at radius 1 is 1.10 bits per heavy atom. The van der Waals surface area contributed by atoms with Crippen LogP contribution in [0.15, 0.2) is 36.5 Å². The first-order chi connectivity index (χ1) is 13.9. The second-order valence-corrected chi connectivity index (χ2v) is 6.05. The van der Waals surface area contributed by atoms with E-state index in [0.717, 1.165) is 0 Å². The largest absolute Gasteiger partial charge is 0.496 e. The van der Waals surface area contributed by atoms with Gasteiger partial charge in [0, 0.05) is 23.9 Å². The number of halogens is 1. The number of nitrogens with zero attached hydrogens (tertiary/aromatic N) is 1. The van der Waals surface area contributed by atoms with E-state index >= 15 is 0 Å². The van der Waals surface area contributed by atoms with Crippen LogP contribution in [-0.4, -0.2) is 44.3 Å². The lowest BCUT2D eigenvalue weighted by molar-refractivity contribution is -0.148. The van der Waals surface area contributed by atoms with Gasteiger partial charge in [0.15, 0.2) is 22.8 Å². The van der Waals surface area contributed by atoms with Crippen LogP contribution in [0.25, 0.3) is 6.08 Å². The van der Waals surface area contributed by atoms with Crippen LogP contribution >= 0.6 is 11.6 Å². The summed E-state index contributed by atoms with van der Waals surface area (Å²) in [5.41, 5.74) is 0.897. The van der Waals surface area contributed by atoms with Gasteiger partial charge in [0.05, 0.1) is 27.0 Å². The molecule has 1 amide bonds. The summed E-state index contributed by atoms with van der Waals surface area (Å²) in [6.07, 6.45) is 3.13. The number of hydrogen-bond donors (Lipinski definition) is 1. The smallest absolute Gasteiger partial charge is 0.331 e. The molecule has 154 valence electrons. The number of rotatable bonds is 8. The van der Waals surface area contributed by atoms with E-state index in [1.165, 1.54) is 46.6 Å². The number of pyridine rings is 1. The van der Waals surface area contributed by atoms with E-state index in [9.17, 15) is 9.59 Å². The molecular formula is C20H21ClN2O6. The fourth-order valence-corrected chi connectivity index (χ4v) is 2.49. The molecule has 1 aromatic carbocycles. The van der Waals surface area contributed by atoms with E-state index in [1.54, 1.807) is 24.3 Å². The van der Waals surface area contributed by atoms with Gasteiger partial charge < -0.3 is 24.3 Å². The van der Waals surface area contributed by atoms with Crippen molar-refractivity contribution < 1.29 is 28.5 Å². The summed E-state index contributed by atoms with van der Waals surface area (Å²) in [5, 5.41) is 2.69. The molecule has 2 aromatic rings. The Morgan fingerprint density at radius 2 is 1.76 bits per heavy atom. The highest BCUT2D eigenvalue weighted by molar-refractivity contribution is 6.32. The summed E-state index contributed by atoms with van der Waals surface area (Å²) < 4.78 is 20.9. The van der Waals surface area contributed by atoms with Gasteiger partial charge in [-0.25, -0.2) is 9.78 Å². The zero-order chi connectivity index (χ0) is 21.4. The number of amides is 1. The molecule has 0 spiro atoms. The second kappa shape index (κ2) is 10.3. The van der Waals surface area contributed by atoms with Crippen molar-refractivity contribution in [2.75, 3.05) is 26.6 Å². The molecular weight excluding hydrogens is 400 g/mol. The third-order valence-electron chi connectivity index (χ3n) is 3.81. The number of aromatic nitrogens is 1. The lowest BCUT2D eigenvalue weighted by Gasteiger charge is -2.13. The molecule has 9 heteroatoms. The molecule has 0 aliphatic rings. The number of methoxy groups -OCH3 is 3. The van der Waals surface area contributed by atoms with Gasteiger partial charge >= 0.3 is 5.97 Å². The van der Waals surface area contributed by atoms with Crippen molar-refractivity contribution >= 4 is 35.2 Å². The molecule has 0 bridgehead atoms. The third-order valence-corrected chi connectivity index (χ3v) is 4.12. The summed E-state index contributed by atoms with van der Waals surface area (Å²) >= 11 is 5.90. The minimum atomic E-state index is -1.05. The molecule has 0 fully saturated rings. The summed E-state index contributed by atoms with van der Waals surface area (Å²) in [7, 11) is 4.50. The highest BCUT2D eigenvalue weighted by Crippen LogP contribution is 2.35. The van der Waals surface area contributed by atoms with Gasteiger partial charge in [-0.1, -0.05) is 11.6 Å². The number of anilines is 1. The quantitative estimate of drug-likeness (QED) is 0.397. The molecule has 0 saturated carbocycles. The summed E-state index contributed by atoms with van der Waals surface area (Å²) in [4.78, 5) is 28.1. The van der Waals surface area contributed by atoms with Crippen molar-refractivity contribution in [2.24, 2.45) is 0 Å². The number of esters is 1. The maximum Gasteiger partial charge on any atom is 0.331 e. The van der Waals surface area contributed by atoms with Crippen molar-refractivity contribution in [3.63, 3.8) is 0 Å². The minimum Gasteiger partial charge on any atom is -0.496 e. The average Bonchev–Trinajstić information content (AvgIpc) is 2.72. The molecule has 1 N–H and O–H groups in total. The average molecular weight is 421 g/mol. The molecule has 0 aliphatic heterocycles. The number of benzene rings is 1. The van der Waals surface area contributed by atoms with Crippen molar-refractivity contribution in [3.05, 3.63) is 47.3 Å². The van der Waals surface area contributed by atoms with Gasteiger partial charge in [-0.3, -0.25) is 4.79 Å². The first-order valence-corrected chi connectivity index (χ1v) is 8.87. The number of ether oxygens (including phenoxy) is 4. The molecule has 1 heterocycles. The van der Waals surface area contributed by atoms with Crippen molar-refractivity contribution in [3.8, 4) is 17.2 Å². The molecule has 0 aliphatic carbocycles. The van der Waals surface area contributed by atoms with Crippen LogP contribution in [-0.2, 0) is 14.3 Å². The van der Waals surface area contributed by atoms with Gasteiger partial charge in [-0.2, -0.15) is 0 Å². The highest BCUT2D eigenvalue weighted by atomic mass is 35.5. The number of nitrogens with one attached hydrogen (secondary N) is 1. The van der Waals surface area contributed by atoms with Crippen LogP contribution in [0.4, 0.5) is 5.69 Å². The summed E-state index contributed by atoms with van der Waals surface area (Å²) in [6.45, 7) is 1.45. The van der Waals surface area contributed by atoms with E-state index < -0.39 is 18.0 Å².